The Hall–Kier alpha value is -1.85. The van der Waals surface area contributed by atoms with Gasteiger partial charge in [-0.15, -0.1) is 0 Å². The van der Waals surface area contributed by atoms with Crippen molar-refractivity contribution in [1.29, 1.82) is 0 Å². The molecular weight excluding hydrogens is 463 g/mol. The predicted molar refractivity (Wildman–Crippen MR) is 110 cm³/mol. The van der Waals surface area contributed by atoms with Crippen molar-refractivity contribution in [2.75, 3.05) is 22.5 Å². The van der Waals surface area contributed by atoms with Gasteiger partial charge in [-0.2, -0.15) is 8.42 Å². The van der Waals surface area contributed by atoms with E-state index in [2.05, 4.69) is 5.32 Å². The van der Waals surface area contributed by atoms with Crippen LogP contribution in [0.2, 0.25) is 10.0 Å². The summed E-state index contributed by atoms with van der Waals surface area (Å²) in [5.74, 6) is -0.607. The Morgan fingerprint density at radius 1 is 1.07 bits per heavy atom. The summed E-state index contributed by atoms with van der Waals surface area (Å²) in [5.41, 5.74) is 0.545. The molecule has 1 heterocycles. The molecular formula is C17H16Cl2N2O6S2. The molecule has 0 saturated carbocycles. The van der Waals surface area contributed by atoms with Gasteiger partial charge in [-0.05, 0) is 30.3 Å². The Bertz CT molecular complexity index is 1170. The molecule has 3 rings (SSSR count). The third-order valence-electron chi connectivity index (χ3n) is 4.12. The molecule has 8 nitrogen and oxygen atoms in total. The molecule has 2 aromatic carbocycles. The fourth-order valence-electron chi connectivity index (χ4n) is 2.87. The summed E-state index contributed by atoms with van der Waals surface area (Å²) in [5, 5.41) is 2.86. The van der Waals surface area contributed by atoms with Gasteiger partial charge in [0.25, 0.3) is 20.1 Å². The molecule has 1 aliphatic heterocycles. The van der Waals surface area contributed by atoms with E-state index in [1.54, 1.807) is 18.2 Å². The van der Waals surface area contributed by atoms with Crippen molar-refractivity contribution >= 4 is 60.6 Å². The molecule has 0 spiro atoms. The number of anilines is 2. The van der Waals surface area contributed by atoms with Crippen molar-refractivity contribution in [3.8, 4) is 0 Å². The number of hydrogen-bond acceptors (Lipinski definition) is 6. The van der Waals surface area contributed by atoms with Gasteiger partial charge in [0.2, 0.25) is 5.91 Å². The number of para-hydroxylation sites is 2. The number of nitrogens with one attached hydrogen (secondary N) is 1. The minimum absolute atomic E-state index is 0.0412. The van der Waals surface area contributed by atoms with Crippen LogP contribution in [0.5, 0.6) is 0 Å². The van der Waals surface area contributed by atoms with E-state index in [1.165, 1.54) is 24.3 Å². The Morgan fingerprint density at radius 3 is 2.41 bits per heavy atom. The number of hydrogen-bond donors (Lipinski definition) is 1. The third kappa shape index (κ3) is 4.67. The summed E-state index contributed by atoms with van der Waals surface area (Å²) in [6.45, 7) is -0.369. The Labute approximate surface area is 178 Å². The molecule has 1 aliphatic rings. The lowest BCUT2D eigenvalue weighted by molar-refractivity contribution is -0.117. The second kappa shape index (κ2) is 8.11. The molecule has 29 heavy (non-hydrogen) atoms. The summed E-state index contributed by atoms with van der Waals surface area (Å²) in [7, 11) is -7.99. The van der Waals surface area contributed by atoms with Crippen LogP contribution in [0.4, 0.5) is 11.4 Å². The largest absolute Gasteiger partial charge is 0.322 e. The fourth-order valence-corrected chi connectivity index (χ4v) is 5.32. The lowest BCUT2D eigenvalue weighted by Crippen LogP contribution is -2.51. The van der Waals surface area contributed by atoms with Crippen LogP contribution < -0.4 is 9.62 Å². The van der Waals surface area contributed by atoms with Crippen LogP contribution in [-0.4, -0.2) is 41.6 Å². The maximum atomic E-state index is 13.4. The summed E-state index contributed by atoms with van der Waals surface area (Å²) < 4.78 is 55.0. The van der Waals surface area contributed by atoms with Crippen molar-refractivity contribution in [2.45, 2.75) is 17.4 Å². The molecule has 12 heteroatoms. The van der Waals surface area contributed by atoms with E-state index >= 15 is 0 Å². The number of nitrogens with zero attached hydrogens (tertiary/aromatic N) is 1. The molecule has 0 fully saturated rings. The summed E-state index contributed by atoms with van der Waals surface area (Å²) in [6.07, 6.45) is 0.682. The Balaban J connectivity index is 2.08. The molecule has 1 amide bonds. The molecule has 1 N–H and O–H groups in total. The van der Waals surface area contributed by atoms with Crippen LogP contribution in [0.1, 0.15) is 6.42 Å². The monoisotopic (exact) mass is 478 g/mol. The first-order valence-corrected chi connectivity index (χ1v) is 12.3. The zero-order valence-corrected chi connectivity index (χ0v) is 18.1. The first-order valence-electron chi connectivity index (χ1n) is 8.24. The highest BCUT2D eigenvalue weighted by Crippen LogP contribution is 2.38. The number of sulfonamides is 1. The van der Waals surface area contributed by atoms with Crippen LogP contribution in [0, 0.1) is 0 Å². The van der Waals surface area contributed by atoms with Gasteiger partial charge < -0.3 is 5.32 Å². The number of fused-ring (bicyclic) bond motifs is 1. The smallest absolute Gasteiger partial charge is 0.265 e. The molecule has 1 atom stereocenters. The summed E-state index contributed by atoms with van der Waals surface area (Å²) in [6, 6.07) is 8.96. The first-order chi connectivity index (χ1) is 13.5. The van der Waals surface area contributed by atoms with E-state index < -0.39 is 32.1 Å². The lowest BCUT2D eigenvalue weighted by Gasteiger charge is -2.37. The zero-order chi connectivity index (χ0) is 21.4. The number of carbonyl (C=O) groups excluding carboxylic acids is 1. The van der Waals surface area contributed by atoms with Gasteiger partial charge in [-0.25, -0.2) is 8.42 Å². The van der Waals surface area contributed by atoms with Gasteiger partial charge in [-0.1, -0.05) is 35.3 Å². The van der Waals surface area contributed by atoms with Crippen LogP contribution in [0.3, 0.4) is 0 Å². The highest BCUT2D eigenvalue weighted by atomic mass is 35.5. The molecule has 0 bridgehead atoms. The van der Waals surface area contributed by atoms with Crippen molar-refractivity contribution in [3.63, 3.8) is 0 Å². The van der Waals surface area contributed by atoms with E-state index in [-0.39, 0.29) is 33.7 Å². The number of benzene rings is 2. The minimum atomic E-state index is -4.24. The normalized spacial score (nSPS) is 17.0. The highest BCUT2D eigenvalue weighted by molar-refractivity contribution is 7.93. The Morgan fingerprint density at radius 2 is 1.76 bits per heavy atom. The topological polar surface area (TPSA) is 110 Å². The standard InChI is InChI=1S/C17H16Cl2N2O6S2/c1-28(23,24)27-9-8-16-17(22)20-14-4-2-3-5-15(14)21(16)29(25,26)11-6-7-12(18)13(19)10-11/h2-7,10,16H,8-9H2,1H3,(H,20,22)/t16-/m1/s1. The number of rotatable bonds is 6. The van der Waals surface area contributed by atoms with Gasteiger partial charge in [-0.3, -0.25) is 13.3 Å². The highest BCUT2D eigenvalue weighted by Gasteiger charge is 2.41. The predicted octanol–water partition coefficient (Wildman–Crippen LogP) is 2.88. The summed E-state index contributed by atoms with van der Waals surface area (Å²) >= 11 is 11.9. The van der Waals surface area contributed by atoms with E-state index in [0.29, 0.717) is 5.69 Å². The second-order valence-corrected chi connectivity index (χ2v) is 10.5. The molecule has 0 unspecified atom stereocenters. The Kier molecular flexibility index (Phi) is 6.11. The average molecular weight is 479 g/mol. The zero-order valence-electron chi connectivity index (χ0n) is 15.0. The first kappa shape index (κ1) is 21.8. The maximum Gasteiger partial charge on any atom is 0.265 e. The van der Waals surface area contributed by atoms with Crippen molar-refractivity contribution in [1.82, 2.24) is 0 Å². The number of amides is 1. The van der Waals surface area contributed by atoms with Gasteiger partial charge in [0, 0.05) is 6.42 Å². The van der Waals surface area contributed by atoms with Crippen LogP contribution in [-0.2, 0) is 29.1 Å². The SMILES string of the molecule is CS(=O)(=O)OCC[C@@H]1C(=O)Nc2ccccc2N1S(=O)(=O)c1ccc(Cl)c(Cl)c1. The van der Waals surface area contributed by atoms with E-state index in [0.717, 1.165) is 10.6 Å². The summed E-state index contributed by atoms with van der Waals surface area (Å²) in [4.78, 5) is 12.5. The molecule has 0 aromatic heterocycles. The van der Waals surface area contributed by atoms with E-state index in [1.807, 2.05) is 0 Å². The molecule has 2 aromatic rings. The van der Waals surface area contributed by atoms with Gasteiger partial charge in [0.15, 0.2) is 0 Å². The molecule has 0 radical (unpaired) electrons. The van der Waals surface area contributed by atoms with Crippen molar-refractivity contribution < 1.29 is 25.8 Å². The maximum absolute atomic E-state index is 13.4. The van der Waals surface area contributed by atoms with E-state index in [9.17, 15) is 21.6 Å². The van der Waals surface area contributed by atoms with Gasteiger partial charge in [0.1, 0.15) is 6.04 Å². The number of halogens is 2. The quantitative estimate of drug-likeness (QED) is 0.639. The average Bonchev–Trinajstić information content (AvgIpc) is 2.63. The number of carbonyl (C=O) groups is 1. The molecule has 0 saturated heterocycles. The second-order valence-electron chi connectivity index (χ2n) is 6.21. The van der Waals surface area contributed by atoms with Gasteiger partial charge >= 0.3 is 0 Å². The van der Waals surface area contributed by atoms with Gasteiger partial charge in [0.05, 0.1) is 39.2 Å². The van der Waals surface area contributed by atoms with Crippen molar-refractivity contribution in [3.05, 3.63) is 52.5 Å². The van der Waals surface area contributed by atoms with Crippen LogP contribution in [0.25, 0.3) is 0 Å². The van der Waals surface area contributed by atoms with E-state index in [4.69, 9.17) is 27.4 Å². The minimum Gasteiger partial charge on any atom is -0.322 e. The lowest BCUT2D eigenvalue weighted by atomic mass is 10.1. The van der Waals surface area contributed by atoms with Crippen molar-refractivity contribution in [2.24, 2.45) is 0 Å². The van der Waals surface area contributed by atoms with Crippen LogP contribution in [0.15, 0.2) is 47.4 Å². The van der Waals surface area contributed by atoms with Crippen LogP contribution >= 0.6 is 23.2 Å². The molecule has 156 valence electrons. The molecule has 0 aliphatic carbocycles. The third-order valence-corrected chi connectivity index (χ3v) is 7.27. The fraction of sp³-hybridized carbons (Fsp3) is 0.235.